The number of rotatable bonds is 7. The third-order valence-corrected chi connectivity index (χ3v) is 4.55. The summed E-state index contributed by atoms with van der Waals surface area (Å²) in [6.45, 7) is 0.299. The SMILES string of the molecule is COc1ccccc1CCNS(=O)(=O)/C=C/c1ccc(Cl)cc1. The zero-order chi connectivity index (χ0) is 16.7. The Labute approximate surface area is 141 Å². The number of ether oxygens (including phenoxy) is 1. The molecule has 0 radical (unpaired) electrons. The molecule has 0 fully saturated rings. The molecule has 0 bridgehead atoms. The van der Waals surface area contributed by atoms with Gasteiger partial charge >= 0.3 is 0 Å². The van der Waals surface area contributed by atoms with Gasteiger partial charge in [0.2, 0.25) is 10.0 Å². The molecule has 0 unspecified atom stereocenters. The highest BCUT2D eigenvalue weighted by Crippen LogP contribution is 2.17. The molecule has 2 aromatic carbocycles. The number of methoxy groups -OCH3 is 1. The summed E-state index contributed by atoms with van der Waals surface area (Å²) in [6.07, 6.45) is 2.08. The fraction of sp³-hybridized carbons (Fsp3) is 0.176. The van der Waals surface area contributed by atoms with Gasteiger partial charge < -0.3 is 4.74 Å². The van der Waals surface area contributed by atoms with Gasteiger partial charge in [0.15, 0.2) is 0 Å². The van der Waals surface area contributed by atoms with Gasteiger partial charge in [-0.1, -0.05) is 41.9 Å². The summed E-state index contributed by atoms with van der Waals surface area (Å²) in [5.74, 6) is 0.753. The van der Waals surface area contributed by atoms with Crippen molar-refractivity contribution in [3.63, 3.8) is 0 Å². The molecule has 0 saturated heterocycles. The van der Waals surface area contributed by atoms with Crippen LogP contribution in [0.15, 0.2) is 53.9 Å². The van der Waals surface area contributed by atoms with Crippen LogP contribution in [0.5, 0.6) is 5.75 Å². The van der Waals surface area contributed by atoms with Crippen LogP contribution in [-0.4, -0.2) is 22.1 Å². The monoisotopic (exact) mass is 351 g/mol. The van der Waals surface area contributed by atoms with E-state index in [1.807, 2.05) is 24.3 Å². The topological polar surface area (TPSA) is 55.4 Å². The minimum absolute atomic E-state index is 0.299. The summed E-state index contributed by atoms with van der Waals surface area (Å²) in [4.78, 5) is 0. The van der Waals surface area contributed by atoms with E-state index in [4.69, 9.17) is 16.3 Å². The lowest BCUT2D eigenvalue weighted by molar-refractivity contribution is 0.409. The van der Waals surface area contributed by atoms with E-state index in [2.05, 4.69) is 4.72 Å². The first kappa shape index (κ1) is 17.5. The average molecular weight is 352 g/mol. The third kappa shape index (κ3) is 5.71. The zero-order valence-electron chi connectivity index (χ0n) is 12.7. The first-order valence-electron chi connectivity index (χ1n) is 7.05. The predicted molar refractivity (Wildman–Crippen MR) is 94.1 cm³/mol. The molecule has 0 aliphatic rings. The molecule has 2 rings (SSSR count). The van der Waals surface area contributed by atoms with Crippen molar-refractivity contribution in [3.05, 3.63) is 70.1 Å². The van der Waals surface area contributed by atoms with Crippen molar-refractivity contribution in [2.75, 3.05) is 13.7 Å². The van der Waals surface area contributed by atoms with Gasteiger partial charge in [-0.2, -0.15) is 0 Å². The van der Waals surface area contributed by atoms with E-state index in [1.54, 1.807) is 31.4 Å². The Morgan fingerprint density at radius 2 is 1.83 bits per heavy atom. The van der Waals surface area contributed by atoms with Crippen LogP contribution >= 0.6 is 11.6 Å². The summed E-state index contributed by atoms with van der Waals surface area (Å²) in [5, 5.41) is 1.76. The van der Waals surface area contributed by atoms with Crippen LogP contribution in [0.3, 0.4) is 0 Å². The zero-order valence-corrected chi connectivity index (χ0v) is 14.3. The molecule has 0 aromatic heterocycles. The van der Waals surface area contributed by atoms with Crippen molar-refractivity contribution in [2.24, 2.45) is 0 Å². The smallest absolute Gasteiger partial charge is 0.233 e. The molecule has 122 valence electrons. The van der Waals surface area contributed by atoms with E-state index < -0.39 is 10.0 Å². The molecule has 2 aromatic rings. The van der Waals surface area contributed by atoms with Crippen molar-refractivity contribution in [1.29, 1.82) is 0 Å². The molecule has 1 N–H and O–H groups in total. The standard InChI is InChI=1S/C17H18ClNO3S/c1-22-17-5-3-2-4-15(17)10-12-19-23(20,21)13-11-14-6-8-16(18)9-7-14/h2-9,11,13,19H,10,12H2,1H3/b13-11+. The highest BCUT2D eigenvalue weighted by atomic mass is 35.5. The van der Waals surface area contributed by atoms with Crippen molar-refractivity contribution in [1.82, 2.24) is 4.72 Å². The van der Waals surface area contributed by atoms with E-state index in [0.717, 1.165) is 22.3 Å². The minimum Gasteiger partial charge on any atom is -0.496 e. The first-order chi connectivity index (χ1) is 11.0. The molecule has 0 saturated carbocycles. The van der Waals surface area contributed by atoms with Crippen LogP contribution < -0.4 is 9.46 Å². The molecule has 23 heavy (non-hydrogen) atoms. The number of hydrogen-bond acceptors (Lipinski definition) is 3. The van der Waals surface area contributed by atoms with Gasteiger partial charge in [0.1, 0.15) is 5.75 Å². The van der Waals surface area contributed by atoms with Gasteiger partial charge in [-0.3, -0.25) is 0 Å². The molecule has 4 nitrogen and oxygen atoms in total. The quantitative estimate of drug-likeness (QED) is 0.830. The van der Waals surface area contributed by atoms with Gasteiger partial charge in [-0.05, 0) is 41.8 Å². The Morgan fingerprint density at radius 1 is 1.13 bits per heavy atom. The van der Waals surface area contributed by atoms with Gasteiger partial charge in [0, 0.05) is 17.0 Å². The fourth-order valence-electron chi connectivity index (χ4n) is 2.03. The van der Waals surface area contributed by atoms with Gasteiger partial charge in [-0.15, -0.1) is 0 Å². The molecule has 6 heteroatoms. The number of halogens is 1. The Morgan fingerprint density at radius 3 is 2.52 bits per heavy atom. The normalized spacial score (nSPS) is 11.7. The van der Waals surface area contributed by atoms with Gasteiger partial charge in [0.05, 0.1) is 7.11 Å². The molecule has 0 aliphatic carbocycles. The van der Waals surface area contributed by atoms with Gasteiger partial charge in [0.25, 0.3) is 0 Å². The van der Waals surface area contributed by atoms with E-state index in [1.165, 1.54) is 6.08 Å². The largest absolute Gasteiger partial charge is 0.496 e. The Bertz CT molecular complexity index is 771. The second-order valence-corrected chi connectivity index (χ2v) is 6.94. The Balaban J connectivity index is 1.92. The van der Waals surface area contributed by atoms with Crippen LogP contribution in [-0.2, 0) is 16.4 Å². The molecular formula is C17H18ClNO3S. The second kappa shape index (κ2) is 8.15. The fourth-order valence-corrected chi connectivity index (χ4v) is 2.97. The van der Waals surface area contributed by atoms with E-state index >= 15 is 0 Å². The maximum absolute atomic E-state index is 12.0. The van der Waals surface area contributed by atoms with Crippen LogP contribution in [0.25, 0.3) is 6.08 Å². The van der Waals surface area contributed by atoms with Crippen molar-refractivity contribution in [2.45, 2.75) is 6.42 Å². The lowest BCUT2D eigenvalue weighted by atomic mass is 10.1. The lowest BCUT2D eigenvalue weighted by Gasteiger charge is -2.08. The summed E-state index contributed by atoms with van der Waals surface area (Å²) in [7, 11) is -1.89. The van der Waals surface area contributed by atoms with E-state index in [-0.39, 0.29) is 0 Å². The molecule has 0 amide bonds. The number of benzene rings is 2. The first-order valence-corrected chi connectivity index (χ1v) is 8.98. The molecular weight excluding hydrogens is 334 g/mol. The summed E-state index contributed by atoms with van der Waals surface area (Å²) in [5.41, 5.74) is 1.73. The second-order valence-electron chi connectivity index (χ2n) is 4.86. The van der Waals surface area contributed by atoms with Crippen molar-refractivity contribution in [3.8, 4) is 5.75 Å². The summed E-state index contributed by atoms with van der Waals surface area (Å²) in [6, 6.07) is 14.5. The van der Waals surface area contributed by atoms with Crippen molar-refractivity contribution >= 4 is 27.7 Å². The van der Waals surface area contributed by atoms with E-state index in [9.17, 15) is 8.42 Å². The average Bonchev–Trinajstić information content (AvgIpc) is 2.55. The Hall–Kier alpha value is -1.82. The number of hydrogen-bond donors (Lipinski definition) is 1. The van der Waals surface area contributed by atoms with Crippen LogP contribution in [0.4, 0.5) is 0 Å². The maximum Gasteiger partial charge on any atom is 0.233 e. The molecule has 0 spiro atoms. The number of nitrogens with one attached hydrogen (secondary N) is 1. The molecule has 0 atom stereocenters. The Kier molecular flexibility index (Phi) is 6.21. The minimum atomic E-state index is -3.48. The highest BCUT2D eigenvalue weighted by Gasteiger charge is 2.06. The molecule has 0 heterocycles. The van der Waals surface area contributed by atoms with Crippen molar-refractivity contribution < 1.29 is 13.2 Å². The van der Waals surface area contributed by atoms with Crippen LogP contribution in [0.1, 0.15) is 11.1 Å². The maximum atomic E-state index is 12.0. The predicted octanol–water partition coefficient (Wildman–Crippen LogP) is 3.48. The van der Waals surface area contributed by atoms with Gasteiger partial charge in [-0.25, -0.2) is 13.1 Å². The summed E-state index contributed by atoms with van der Waals surface area (Å²) >= 11 is 5.79. The summed E-state index contributed by atoms with van der Waals surface area (Å²) < 4.78 is 31.7. The third-order valence-electron chi connectivity index (χ3n) is 3.20. The van der Waals surface area contributed by atoms with Crippen LogP contribution in [0.2, 0.25) is 5.02 Å². The van der Waals surface area contributed by atoms with E-state index in [0.29, 0.717) is 18.0 Å². The highest BCUT2D eigenvalue weighted by molar-refractivity contribution is 7.92. The van der Waals surface area contributed by atoms with Crippen LogP contribution in [0, 0.1) is 0 Å². The number of para-hydroxylation sites is 1. The number of sulfonamides is 1. The lowest BCUT2D eigenvalue weighted by Crippen LogP contribution is -2.23. The molecule has 0 aliphatic heterocycles.